The van der Waals surface area contributed by atoms with Crippen LogP contribution in [0.3, 0.4) is 0 Å². The highest BCUT2D eigenvalue weighted by atomic mass is 16.4. The van der Waals surface area contributed by atoms with Gasteiger partial charge < -0.3 is 9.67 Å². The summed E-state index contributed by atoms with van der Waals surface area (Å²) in [5.41, 5.74) is 0. The average Bonchev–Trinajstić information content (AvgIpc) is 2.94. The third kappa shape index (κ3) is 1.81. The SMILES string of the molecule is Cc1nnc(C2CC2)n1C(C(=O)O)C(C)C. The summed E-state index contributed by atoms with van der Waals surface area (Å²) in [6.07, 6.45) is 2.20. The molecule has 1 aliphatic carbocycles. The number of aromatic nitrogens is 3. The van der Waals surface area contributed by atoms with Crippen LogP contribution < -0.4 is 0 Å². The van der Waals surface area contributed by atoms with Crippen molar-refractivity contribution in [1.29, 1.82) is 0 Å². The Labute approximate surface area is 94.5 Å². The average molecular weight is 223 g/mol. The molecule has 1 aromatic heterocycles. The molecule has 5 heteroatoms. The van der Waals surface area contributed by atoms with E-state index >= 15 is 0 Å². The van der Waals surface area contributed by atoms with Gasteiger partial charge in [0, 0.05) is 5.92 Å². The minimum atomic E-state index is -0.806. The molecule has 1 saturated carbocycles. The molecular weight excluding hydrogens is 206 g/mol. The van der Waals surface area contributed by atoms with Crippen LogP contribution in [0, 0.1) is 12.8 Å². The van der Waals surface area contributed by atoms with E-state index in [2.05, 4.69) is 10.2 Å². The first-order chi connectivity index (χ1) is 7.52. The molecule has 2 rings (SSSR count). The lowest BCUT2D eigenvalue weighted by molar-refractivity contribution is -0.142. The molecule has 1 fully saturated rings. The highest BCUT2D eigenvalue weighted by Crippen LogP contribution is 2.40. The van der Waals surface area contributed by atoms with Crippen LogP contribution >= 0.6 is 0 Å². The molecule has 1 N–H and O–H groups in total. The van der Waals surface area contributed by atoms with Gasteiger partial charge in [0.25, 0.3) is 0 Å². The highest BCUT2D eigenvalue weighted by molar-refractivity contribution is 5.72. The number of aliphatic carboxylic acids is 1. The summed E-state index contributed by atoms with van der Waals surface area (Å²) >= 11 is 0. The Hall–Kier alpha value is -1.39. The summed E-state index contributed by atoms with van der Waals surface area (Å²) in [4.78, 5) is 11.3. The van der Waals surface area contributed by atoms with E-state index in [1.165, 1.54) is 0 Å². The minimum absolute atomic E-state index is 0.0321. The molecule has 0 amide bonds. The molecule has 0 bridgehead atoms. The maximum Gasteiger partial charge on any atom is 0.327 e. The van der Waals surface area contributed by atoms with Gasteiger partial charge in [0.15, 0.2) is 0 Å². The summed E-state index contributed by atoms with van der Waals surface area (Å²) in [7, 11) is 0. The van der Waals surface area contributed by atoms with Crippen LogP contribution in [0.25, 0.3) is 0 Å². The fourth-order valence-electron chi connectivity index (χ4n) is 2.04. The smallest absolute Gasteiger partial charge is 0.327 e. The zero-order valence-corrected chi connectivity index (χ0v) is 9.84. The van der Waals surface area contributed by atoms with Gasteiger partial charge in [-0.2, -0.15) is 0 Å². The molecule has 0 aromatic carbocycles. The standard InChI is InChI=1S/C11H17N3O2/c1-6(2)9(11(15)16)14-7(3)12-13-10(14)8-4-5-8/h6,8-9H,4-5H2,1-3H3,(H,15,16). The van der Waals surface area contributed by atoms with Crippen LogP contribution in [0.4, 0.5) is 0 Å². The predicted octanol–water partition coefficient (Wildman–Crippen LogP) is 1.75. The van der Waals surface area contributed by atoms with Gasteiger partial charge in [0.05, 0.1) is 0 Å². The molecule has 0 aliphatic heterocycles. The van der Waals surface area contributed by atoms with Crippen molar-refractivity contribution in [2.75, 3.05) is 0 Å². The summed E-state index contributed by atoms with van der Waals surface area (Å²) in [5.74, 6) is 1.19. The second-order valence-electron chi connectivity index (χ2n) is 4.78. The zero-order chi connectivity index (χ0) is 11.9. The maximum absolute atomic E-state index is 11.3. The number of hydrogen-bond acceptors (Lipinski definition) is 3. The molecule has 88 valence electrons. The lowest BCUT2D eigenvalue weighted by Gasteiger charge is -2.20. The summed E-state index contributed by atoms with van der Waals surface area (Å²) < 4.78 is 1.80. The Morgan fingerprint density at radius 2 is 2.06 bits per heavy atom. The fourth-order valence-corrected chi connectivity index (χ4v) is 2.04. The number of hydrogen-bond donors (Lipinski definition) is 1. The monoisotopic (exact) mass is 223 g/mol. The van der Waals surface area contributed by atoms with Gasteiger partial charge in [0.2, 0.25) is 0 Å². The second-order valence-corrected chi connectivity index (χ2v) is 4.78. The Balaban J connectivity index is 2.42. The van der Waals surface area contributed by atoms with Crippen molar-refractivity contribution < 1.29 is 9.90 Å². The molecule has 0 spiro atoms. The van der Waals surface area contributed by atoms with E-state index in [0.29, 0.717) is 11.7 Å². The lowest BCUT2D eigenvalue weighted by atomic mass is 10.0. The summed E-state index contributed by atoms with van der Waals surface area (Å²) in [6.45, 7) is 5.64. The van der Waals surface area contributed by atoms with Crippen molar-refractivity contribution in [1.82, 2.24) is 14.8 Å². The predicted molar refractivity (Wildman–Crippen MR) is 58.2 cm³/mol. The molecule has 1 aromatic rings. The van der Waals surface area contributed by atoms with Gasteiger partial charge in [-0.05, 0) is 25.7 Å². The number of carboxylic acid groups (broad SMARTS) is 1. The molecule has 0 radical (unpaired) electrons. The van der Waals surface area contributed by atoms with Gasteiger partial charge in [-0.3, -0.25) is 0 Å². The number of carbonyl (C=O) groups is 1. The van der Waals surface area contributed by atoms with Crippen LogP contribution in [-0.4, -0.2) is 25.8 Å². The van der Waals surface area contributed by atoms with Crippen LogP contribution in [0.15, 0.2) is 0 Å². The van der Waals surface area contributed by atoms with Crippen molar-refractivity contribution in [2.24, 2.45) is 5.92 Å². The number of carboxylic acids is 1. The Morgan fingerprint density at radius 1 is 1.44 bits per heavy atom. The first-order valence-electron chi connectivity index (χ1n) is 5.66. The van der Waals surface area contributed by atoms with Crippen molar-refractivity contribution in [3.63, 3.8) is 0 Å². The molecule has 1 heterocycles. The third-order valence-electron chi connectivity index (χ3n) is 3.00. The molecule has 1 aliphatic rings. The zero-order valence-electron chi connectivity index (χ0n) is 9.84. The van der Waals surface area contributed by atoms with E-state index in [9.17, 15) is 9.90 Å². The van der Waals surface area contributed by atoms with E-state index in [4.69, 9.17) is 0 Å². The Morgan fingerprint density at radius 3 is 2.50 bits per heavy atom. The topological polar surface area (TPSA) is 68.0 Å². The summed E-state index contributed by atoms with van der Waals surface area (Å²) in [6, 6.07) is -0.550. The Bertz CT molecular complexity index is 407. The molecule has 16 heavy (non-hydrogen) atoms. The van der Waals surface area contributed by atoms with E-state index in [1.54, 1.807) is 4.57 Å². The van der Waals surface area contributed by atoms with Gasteiger partial charge in [-0.1, -0.05) is 13.8 Å². The Kier molecular flexibility index (Phi) is 2.69. The number of aryl methyl sites for hydroxylation is 1. The molecule has 1 atom stereocenters. The van der Waals surface area contributed by atoms with E-state index in [-0.39, 0.29) is 5.92 Å². The van der Waals surface area contributed by atoms with E-state index < -0.39 is 12.0 Å². The fraction of sp³-hybridized carbons (Fsp3) is 0.727. The van der Waals surface area contributed by atoms with Gasteiger partial charge >= 0.3 is 5.97 Å². The second kappa shape index (κ2) is 3.88. The van der Waals surface area contributed by atoms with E-state index in [1.807, 2.05) is 20.8 Å². The maximum atomic E-state index is 11.3. The number of nitrogens with zero attached hydrogens (tertiary/aromatic N) is 3. The lowest BCUT2D eigenvalue weighted by Crippen LogP contribution is -2.26. The molecular formula is C11H17N3O2. The van der Waals surface area contributed by atoms with Crippen molar-refractivity contribution in [3.05, 3.63) is 11.6 Å². The third-order valence-corrected chi connectivity index (χ3v) is 3.00. The molecule has 5 nitrogen and oxygen atoms in total. The van der Waals surface area contributed by atoms with Gasteiger partial charge in [0.1, 0.15) is 17.7 Å². The first kappa shape index (κ1) is 11.1. The quantitative estimate of drug-likeness (QED) is 0.844. The van der Waals surface area contributed by atoms with Gasteiger partial charge in [-0.15, -0.1) is 10.2 Å². The van der Waals surface area contributed by atoms with Gasteiger partial charge in [-0.25, -0.2) is 4.79 Å². The largest absolute Gasteiger partial charge is 0.480 e. The normalized spacial score (nSPS) is 17.8. The first-order valence-corrected chi connectivity index (χ1v) is 5.66. The number of rotatable bonds is 4. The van der Waals surface area contributed by atoms with Crippen LogP contribution in [0.5, 0.6) is 0 Å². The minimum Gasteiger partial charge on any atom is -0.480 e. The van der Waals surface area contributed by atoms with Crippen LogP contribution in [-0.2, 0) is 4.79 Å². The highest BCUT2D eigenvalue weighted by Gasteiger charge is 2.35. The van der Waals surface area contributed by atoms with Crippen molar-refractivity contribution in [2.45, 2.75) is 45.6 Å². The van der Waals surface area contributed by atoms with Crippen LogP contribution in [0.2, 0.25) is 0 Å². The van der Waals surface area contributed by atoms with Crippen molar-refractivity contribution >= 4 is 5.97 Å². The van der Waals surface area contributed by atoms with E-state index in [0.717, 1.165) is 18.7 Å². The molecule has 1 unspecified atom stereocenters. The molecule has 0 saturated heterocycles. The van der Waals surface area contributed by atoms with Crippen LogP contribution in [0.1, 0.15) is 50.3 Å². The summed E-state index contributed by atoms with van der Waals surface area (Å²) in [5, 5.41) is 17.4. The van der Waals surface area contributed by atoms with Crippen molar-refractivity contribution in [3.8, 4) is 0 Å².